The average molecular weight is 282 g/mol. The number of aliphatic carboxylic acids is 1. The summed E-state index contributed by atoms with van der Waals surface area (Å²) >= 11 is 1.62. The monoisotopic (exact) mass is 282 g/mol. The van der Waals surface area contributed by atoms with Gasteiger partial charge < -0.3 is 10.0 Å². The Morgan fingerprint density at radius 2 is 2.37 bits per heavy atom. The van der Waals surface area contributed by atoms with Gasteiger partial charge in [-0.25, -0.2) is 0 Å². The summed E-state index contributed by atoms with van der Waals surface area (Å²) in [6.07, 6.45) is 1.48. The number of carboxylic acids is 1. The summed E-state index contributed by atoms with van der Waals surface area (Å²) in [5.41, 5.74) is 0. The zero-order chi connectivity index (χ0) is 13.8. The predicted octanol–water partition coefficient (Wildman–Crippen LogP) is 1.26. The Balaban J connectivity index is 1.88. The minimum Gasteiger partial charge on any atom is -0.480 e. The van der Waals surface area contributed by atoms with E-state index in [9.17, 15) is 9.59 Å². The van der Waals surface area contributed by atoms with E-state index in [2.05, 4.69) is 0 Å². The van der Waals surface area contributed by atoms with Crippen LogP contribution < -0.4 is 0 Å². The smallest absolute Gasteiger partial charge is 0.320 e. The molecule has 104 valence electrons. The minimum atomic E-state index is -0.828. The molecular weight excluding hydrogens is 264 g/mol. The summed E-state index contributed by atoms with van der Waals surface area (Å²) in [5, 5.41) is 11.1. The summed E-state index contributed by atoms with van der Waals surface area (Å²) in [5.74, 6) is -0.854. The van der Waals surface area contributed by atoms with Gasteiger partial charge in [0.05, 0.1) is 13.1 Å². The number of thiophene rings is 1. The van der Waals surface area contributed by atoms with Crippen LogP contribution in [0.3, 0.4) is 0 Å². The van der Waals surface area contributed by atoms with E-state index in [0.29, 0.717) is 19.5 Å². The normalized spacial score (nSPS) is 19.5. The Labute approximate surface area is 116 Å². The molecule has 1 atom stereocenters. The summed E-state index contributed by atoms with van der Waals surface area (Å²) in [7, 11) is 1.76. The first-order valence-corrected chi connectivity index (χ1v) is 7.19. The van der Waals surface area contributed by atoms with Crippen molar-refractivity contribution in [3.63, 3.8) is 0 Å². The van der Waals surface area contributed by atoms with Crippen molar-refractivity contribution in [3.05, 3.63) is 22.4 Å². The molecule has 0 bridgehead atoms. The van der Waals surface area contributed by atoms with Crippen molar-refractivity contribution in [1.82, 2.24) is 9.80 Å². The van der Waals surface area contributed by atoms with E-state index in [1.807, 2.05) is 17.5 Å². The van der Waals surface area contributed by atoms with Crippen molar-refractivity contribution >= 4 is 23.2 Å². The highest BCUT2D eigenvalue weighted by atomic mass is 32.1. The molecule has 0 aliphatic carbocycles. The molecule has 1 fully saturated rings. The zero-order valence-corrected chi connectivity index (χ0v) is 11.7. The number of carbonyl (C=O) groups excluding carboxylic acids is 1. The van der Waals surface area contributed by atoms with E-state index in [1.165, 1.54) is 0 Å². The second-order valence-corrected chi connectivity index (χ2v) is 5.83. The number of rotatable bonds is 5. The predicted molar refractivity (Wildman–Crippen MR) is 73.0 cm³/mol. The lowest BCUT2D eigenvalue weighted by Crippen LogP contribution is -2.43. The van der Waals surface area contributed by atoms with Gasteiger partial charge in [0.25, 0.3) is 0 Å². The number of likely N-dealkylation sites (N-methyl/N-ethyl adjacent to an activating group) is 1. The quantitative estimate of drug-likeness (QED) is 0.883. The third-order valence-corrected chi connectivity index (χ3v) is 4.25. The van der Waals surface area contributed by atoms with Gasteiger partial charge in [0, 0.05) is 11.9 Å². The van der Waals surface area contributed by atoms with E-state index >= 15 is 0 Å². The molecule has 1 N–H and O–H groups in total. The zero-order valence-electron chi connectivity index (χ0n) is 10.9. The average Bonchev–Trinajstić information content (AvgIpc) is 2.99. The highest BCUT2D eigenvalue weighted by Crippen LogP contribution is 2.17. The standard InChI is InChI=1S/C13H18N2O3S/c1-14(8-10-4-3-7-19-10)12(16)9-15-6-2-5-11(15)13(17)18/h3-4,7,11H,2,5-6,8-9H2,1H3,(H,17,18). The minimum absolute atomic E-state index is 0.0263. The molecule has 1 saturated heterocycles. The van der Waals surface area contributed by atoms with Crippen molar-refractivity contribution in [2.45, 2.75) is 25.4 Å². The van der Waals surface area contributed by atoms with Crippen LogP contribution in [0.25, 0.3) is 0 Å². The SMILES string of the molecule is CN(Cc1cccs1)C(=O)CN1CCCC1C(=O)O. The van der Waals surface area contributed by atoms with Crippen molar-refractivity contribution in [3.8, 4) is 0 Å². The topological polar surface area (TPSA) is 60.9 Å². The van der Waals surface area contributed by atoms with E-state index in [-0.39, 0.29) is 12.5 Å². The van der Waals surface area contributed by atoms with Crippen molar-refractivity contribution < 1.29 is 14.7 Å². The van der Waals surface area contributed by atoms with Gasteiger partial charge in [0.2, 0.25) is 5.91 Å². The lowest BCUT2D eigenvalue weighted by Gasteiger charge is -2.24. The van der Waals surface area contributed by atoms with Crippen LogP contribution in [0.1, 0.15) is 17.7 Å². The first-order valence-electron chi connectivity index (χ1n) is 6.31. The van der Waals surface area contributed by atoms with Gasteiger partial charge in [-0.2, -0.15) is 0 Å². The fraction of sp³-hybridized carbons (Fsp3) is 0.538. The molecule has 19 heavy (non-hydrogen) atoms. The molecule has 0 radical (unpaired) electrons. The second kappa shape index (κ2) is 6.16. The number of likely N-dealkylation sites (tertiary alicyclic amines) is 1. The van der Waals surface area contributed by atoms with Crippen molar-refractivity contribution in [2.24, 2.45) is 0 Å². The molecular formula is C13H18N2O3S. The molecule has 6 heteroatoms. The Hall–Kier alpha value is -1.40. The van der Waals surface area contributed by atoms with Crippen LogP contribution in [-0.2, 0) is 16.1 Å². The number of amides is 1. The van der Waals surface area contributed by atoms with Crippen LogP contribution in [0.4, 0.5) is 0 Å². The summed E-state index contributed by atoms with van der Waals surface area (Å²) in [6.45, 7) is 1.47. The maximum Gasteiger partial charge on any atom is 0.320 e. The van der Waals surface area contributed by atoms with Gasteiger partial charge >= 0.3 is 5.97 Å². The maximum absolute atomic E-state index is 12.1. The number of hydrogen-bond acceptors (Lipinski definition) is 4. The number of hydrogen-bond donors (Lipinski definition) is 1. The van der Waals surface area contributed by atoms with E-state index in [4.69, 9.17) is 5.11 Å². The fourth-order valence-corrected chi connectivity index (χ4v) is 3.07. The number of carbonyl (C=O) groups is 2. The van der Waals surface area contributed by atoms with E-state index in [1.54, 1.807) is 28.2 Å². The molecule has 0 spiro atoms. The van der Waals surface area contributed by atoms with Crippen LogP contribution in [0.2, 0.25) is 0 Å². The largest absolute Gasteiger partial charge is 0.480 e. The lowest BCUT2D eigenvalue weighted by atomic mass is 10.2. The summed E-state index contributed by atoms with van der Waals surface area (Å²) in [4.78, 5) is 27.7. The number of carboxylic acid groups (broad SMARTS) is 1. The highest BCUT2D eigenvalue weighted by Gasteiger charge is 2.32. The summed E-state index contributed by atoms with van der Waals surface area (Å²) in [6, 6.07) is 3.45. The van der Waals surface area contributed by atoms with Crippen molar-refractivity contribution in [1.29, 1.82) is 0 Å². The number of nitrogens with zero attached hydrogens (tertiary/aromatic N) is 2. The van der Waals surface area contributed by atoms with E-state index in [0.717, 1.165) is 11.3 Å². The van der Waals surface area contributed by atoms with Gasteiger partial charge in [0.1, 0.15) is 6.04 Å². The van der Waals surface area contributed by atoms with Gasteiger partial charge in [-0.05, 0) is 30.8 Å². The van der Waals surface area contributed by atoms with Gasteiger partial charge in [-0.15, -0.1) is 11.3 Å². The molecule has 1 aliphatic heterocycles. The molecule has 1 amide bonds. The van der Waals surface area contributed by atoms with Crippen molar-refractivity contribution in [2.75, 3.05) is 20.1 Å². The van der Waals surface area contributed by atoms with E-state index < -0.39 is 12.0 Å². The molecule has 2 rings (SSSR count). The van der Waals surface area contributed by atoms with Gasteiger partial charge in [-0.3, -0.25) is 14.5 Å². The lowest BCUT2D eigenvalue weighted by molar-refractivity contribution is -0.143. The molecule has 5 nitrogen and oxygen atoms in total. The Kier molecular flexibility index (Phi) is 4.55. The highest BCUT2D eigenvalue weighted by molar-refractivity contribution is 7.09. The Bertz CT molecular complexity index is 447. The van der Waals surface area contributed by atoms with Gasteiger partial charge in [-0.1, -0.05) is 6.07 Å². The third kappa shape index (κ3) is 3.54. The van der Waals surface area contributed by atoms with Crippen LogP contribution in [0.5, 0.6) is 0 Å². The van der Waals surface area contributed by atoms with Crippen LogP contribution in [-0.4, -0.2) is 53.0 Å². The van der Waals surface area contributed by atoms with Crippen LogP contribution >= 0.6 is 11.3 Å². The third-order valence-electron chi connectivity index (χ3n) is 3.39. The fourth-order valence-electron chi connectivity index (χ4n) is 2.31. The molecule has 1 aromatic heterocycles. The Morgan fingerprint density at radius 3 is 3.00 bits per heavy atom. The Morgan fingerprint density at radius 1 is 1.58 bits per heavy atom. The second-order valence-electron chi connectivity index (χ2n) is 4.80. The molecule has 1 aromatic rings. The molecule has 0 aromatic carbocycles. The molecule has 0 saturated carbocycles. The van der Waals surface area contributed by atoms with Gasteiger partial charge in [0.15, 0.2) is 0 Å². The molecule has 1 unspecified atom stereocenters. The van der Waals surface area contributed by atoms with Crippen LogP contribution in [0, 0.1) is 0 Å². The van der Waals surface area contributed by atoms with Crippen LogP contribution in [0.15, 0.2) is 17.5 Å². The molecule has 2 heterocycles. The molecule has 1 aliphatic rings. The first-order chi connectivity index (χ1) is 9.08. The maximum atomic E-state index is 12.1. The first kappa shape index (κ1) is 14.0. The summed E-state index contributed by atoms with van der Waals surface area (Å²) < 4.78 is 0.